The van der Waals surface area contributed by atoms with Gasteiger partial charge in [0.05, 0.1) is 6.61 Å². The van der Waals surface area contributed by atoms with Gasteiger partial charge in [0.15, 0.2) is 5.96 Å². The normalized spacial score (nSPS) is 20.7. The van der Waals surface area contributed by atoms with Crippen LogP contribution >= 0.6 is 24.0 Å². The highest BCUT2D eigenvalue weighted by Gasteiger charge is 2.43. The molecule has 2 heterocycles. The largest absolute Gasteiger partial charge is 0.493 e. The fraction of sp³-hybridized carbons (Fsp3) is 0.650. The number of nitrogens with one attached hydrogen (secondary N) is 1. The van der Waals surface area contributed by atoms with E-state index >= 15 is 0 Å². The molecular formula is C20H30IN3O. The van der Waals surface area contributed by atoms with Crippen LogP contribution in [0.25, 0.3) is 0 Å². The molecule has 1 aromatic carbocycles. The Morgan fingerprint density at radius 2 is 2.20 bits per heavy atom. The molecule has 1 aromatic rings. The number of hydrogen-bond donors (Lipinski definition) is 1. The van der Waals surface area contributed by atoms with Crippen LogP contribution in [-0.4, -0.2) is 43.6 Å². The summed E-state index contributed by atoms with van der Waals surface area (Å²) in [5.74, 6) is 2.18. The first-order chi connectivity index (χ1) is 11.8. The number of guanidine groups is 1. The van der Waals surface area contributed by atoms with Gasteiger partial charge < -0.3 is 15.0 Å². The first-order valence-electron chi connectivity index (χ1n) is 9.56. The van der Waals surface area contributed by atoms with Crippen molar-refractivity contribution < 1.29 is 4.74 Å². The van der Waals surface area contributed by atoms with Gasteiger partial charge in [0.25, 0.3) is 0 Å². The third kappa shape index (κ3) is 4.07. The zero-order chi connectivity index (χ0) is 16.4. The SMILES string of the molecule is CCNC(=NCCc1ccc2c(c1)CCO2)N1CCC2(CCC2)C1.I. The Morgan fingerprint density at radius 3 is 2.92 bits per heavy atom. The molecule has 2 fully saturated rings. The average molecular weight is 455 g/mol. The Bertz CT molecular complexity index is 627. The number of likely N-dealkylation sites (tertiary alicyclic amines) is 1. The molecule has 1 saturated heterocycles. The van der Waals surface area contributed by atoms with Crippen molar-refractivity contribution in [2.24, 2.45) is 10.4 Å². The highest BCUT2D eigenvalue weighted by Crippen LogP contribution is 2.47. The zero-order valence-corrected chi connectivity index (χ0v) is 17.6. The van der Waals surface area contributed by atoms with E-state index in [9.17, 15) is 0 Å². The highest BCUT2D eigenvalue weighted by molar-refractivity contribution is 14.0. The molecule has 5 heteroatoms. The van der Waals surface area contributed by atoms with Crippen molar-refractivity contribution in [2.75, 3.05) is 32.8 Å². The van der Waals surface area contributed by atoms with Gasteiger partial charge in [0.1, 0.15) is 5.75 Å². The molecule has 1 N–H and O–H groups in total. The summed E-state index contributed by atoms with van der Waals surface area (Å²) in [5.41, 5.74) is 3.35. The topological polar surface area (TPSA) is 36.9 Å². The van der Waals surface area contributed by atoms with E-state index in [1.54, 1.807) is 0 Å². The van der Waals surface area contributed by atoms with Gasteiger partial charge in [-0.1, -0.05) is 18.6 Å². The molecule has 4 nitrogen and oxygen atoms in total. The smallest absolute Gasteiger partial charge is 0.193 e. The maximum Gasteiger partial charge on any atom is 0.193 e. The number of hydrogen-bond acceptors (Lipinski definition) is 2. The van der Waals surface area contributed by atoms with Gasteiger partial charge in [0, 0.05) is 32.6 Å². The van der Waals surface area contributed by atoms with Crippen molar-refractivity contribution in [1.82, 2.24) is 10.2 Å². The summed E-state index contributed by atoms with van der Waals surface area (Å²) in [7, 11) is 0. The van der Waals surface area contributed by atoms with E-state index in [4.69, 9.17) is 9.73 Å². The highest BCUT2D eigenvalue weighted by atomic mass is 127. The molecule has 2 aliphatic heterocycles. The Hall–Kier alpha value is -0.980. The van der Waals surface area contributed by atoms with E-state index < -0.39 is 0 Å². The van der Waals surface area contributed by atoms with Crippen LogP contribution in [0.1, 0.15) is 43.7 Å². The standard InChI is InChI=1S/C20H29N3O.HI/c1-2-21-19(23-12-10-20(15-23)8-3-9-20)22-11-6-16-4-5-18-17(14-16)7-13-24-18;/h4-5,14H,2-3,6-13,15H2,1H3,(H,21,22);1H. The molecule has 0 radical (unpaired) electrons. The number of rotatable bonds is 4. The lowest BCUT2D eigenvalue weighted by molar-refractivity contribution is 0.151. The average Bonchev–Trinajstić information content (AvgIpc) is 3.20. The number of fused-ring (bicyclic) bond motifs is 1. The first-order valence-corrected chi connectivity index (χ1v) is 9.56. The number of benzene rings is 1. The van der Waals surface area contributed by atoms with Gasteiger partial charge in [-0.05, 0) is 55.2 Å². The Labute approximate surface area is 168 Å². The molecule has 4 rings (SSSR count). The van der Waals surface area contributed by atoms with E-state index in [0.717, 1.165) is 44.2 Å². The Balaban J connectivity index is 0.00000182. The first kappa shape index (κ1) is 18.8. The second-order valence-corrected chi connectivity index (χ2v) is 7.55. The van der Waals surface area contributed by atoms with Crippen LogP contribution in [0.5, 0.6) is 5.75 Å². The lowest BCUT2D eigenvalue weighted by Gasteiger charge is -2.38. The van der Waals surface area contributed by atoms with E-state index in [-0.39, 0.29) is 24.0 Å². The molecule has 0 aromatic heterocycles. The van der Waals surface area contributed by atoms with Crippen LogP contribution in [0.3, 0.4) is 0 Å². The van der Waals surface area contributed by atoms with Crippen LogP contribution < -0.4 is 10.1 Å². The maximum atomic E-state index is 5.59. The molecular weight excluding hydrogens is 425 g/mol. The lowest BCUT2D eigenvalue weighted by Crippen LogP contribution is -2.42. The molecule has 0 amide bonds. The fourth-order valence-electron chi connectivity index (χ4n) is 4.31. The molecule has 25 heavy (non-hydrogen) atoms. The summed E-state index contributed by atoms with van der Waals surface area (Å²) in [5, 5.41) is 3.49. The third-order valence-corrected chi connectivity index (χ3v) is 5.90. The van der Waals surface area contributed by atoms with Gasteiger partial charge in [-0.2, -0.15) is 0 Å². The van der Waals surface area contributed by atoms with Gasteiger partial charge in [-0.3, -0.25) is 4.99 Å². The zero-order valence-electron chi connectivity index (χ0n) is 15.2. The minimum atomic E-state index is 0. The van der Waals surface area contributed by atoms with Gasteiger partial charge in [0.2, 0.25) is 0 Å². The predicted molar refractivity (Wildman–Crippen MR) is 113 cm³/mol. The maximum absolute atomic E-state index is 5.59. The van der Waals surface area contributed by atoms with Crippen LogP contribution in [-0.2, 0) is 12.8 Å². The van der Waals surface area contributed by atoms with Crippen molar-refractivity contribution in [3.05, 3.63) is 29.3 Å². The van der Waals surface area contributed by atoms with Crippen molar-refractivity contribution in [3.8, 4) is 5.75 Å². The Morgan fingerprint density at radius 1 is 1.32 bits per heavy atom. The van der Waals surface area contributed by atoms with Gasteiger partial charge >= 0.3 is 0 Å². The Kier molecular flexibility index (Phi) is 6.12. The fourth-order valence-corrected chi connectivity index (χ4v) is 4.31. The molecule has 0 unspecified atom stereocenters. The van der Waals surface area contributed by atoms with Crippen LogP contribution in [0.2, 0.25) is 0 Å². The minimum absolute atomic E-state index is 0. The molecule has 1 aliphatic carbocycles. The second-order valence-electron chi connectivity index (χ2n) is 7.55. The van der Waals surface area contributed by atoms with Crippen molar-refractivity contribution >= 4 is 29.9 Å². The predicted octanol–water partition coefficient (Wildman–Crippen LogP) is 3.62. The summed E-state index contributed by atoms with van der Waals surface area (Å²) >= 11 is 0. The second kappa shape index (κ2) is 8.14. The summed E-state index contributed by atoms with van der Waals surface area (Å²) in [6, 6.07) is 6.60. The van der Waals surface area contributed by atoms with Crippen molar-refractivity contribution in [2.45, 2.75) is 45.4 Å². The van der Waals surface area contributed by atoms with Gasteiger partial charge in [-0.15, -0.1) is 24.0 Å². The van der Waals surface area contributed by atoms with Crippen molar-refractivity contribution in [1.29, 1.82) is 0 Å². The van der Waals surface area contributed by atoms with E-state index in [2.05, 4.69) is 35.3 Å². The van der Waals surface area contributed by atoms with Crippen LogP contribution in [0, 0.1) is 5.41 Å². The number of ether oxygens (including phenoxy) is 1. The number of aliphatic imine (C=N–C) groups is 1. The van der Waals surface area contributed by atoms with Crippen molar-refractivity contribution in [3.63, 3.8) is 0 Å². The quantitative estimate of drug-likeness (QED) is 0.428. The van der Waals surface area contributed by atoms with Gasteiger partial charge in [-0.25, -0.2) is 0 Å². The van der Waals surface area contributed by atoms with Crippen LogP contribution in [0.15, 0.2) is 23.2 Å². The van der Waals surface area contributed by atoms with E-state index in [0.29, 0.717) is 5.41 Å². The van der Waals surface area contributed by atoms with E-state index in [1.807, 2.05) is 0 Å². The lowest BCUT2D eigenvalue weighted by atomic mass is 9.68. The third-order valence-electron chi connectivity index (χ3n) is 5.90. The summed E-state index contributed by atoms with van der Waals surface area (Å²) in [6.45, 7) is 7.16. The summed E-state index contributed by atoms with van der Waals surface area (Å²) < 4.78 is 5.59. The van der Waals surface area contributed by atoms with E-state index in [1.165, 1.54) is 49.9 Å². The molecule has 1 spiro atoms. The molecule has 3 aliphatic rings. The monoisotopic (exact) mass is 455 g/mol. The summed E-state index contributed by atoms with van der Waals surface area (Å²) in [6.07, 6.45) is 7.65. The minimum Gasteiger partial charge on any atom is -0.493 e. The van der Waals surface area contributed by atoms with Crippen LogP contribution in [0.4, 0.5) is 0 Å². The number of halogens is 1. The molecule has 1 saturated carbocycles. The summed E-state index contributed by atoms with van der Waals surface area (Å²) in [4.78, 5) is 7.39. The molecule has 138 valence electrons. The molecule has 0 atom stereocenters. The molecule has 0 bridgehead atoms. The number of nitrogens with zero attached hydrogens (tertiary/aromatic N) is 2.